The number of carboxylic acids is 1. The summed E-state index contributed by atoms with van der Waals surface area (Å²) in [4.78, 5) is 21.2. The molecule has 0 saturated carbocycles. The summed E-state index contributed by atoms with van der Waals surface area (Å²) in [6, 6.07) is -1.17. The number of hydrogen-bond acceptors (Lipinski definition) is 4. The topological polar surface area (TPSA) is 107 Å². The minimum absolute atomic E-state index is 0.204. The Bertz CT molecular complexity index is 241. The first-order valence-corrected chi connectivity index (χ1v) is 4.26. The lowest BCUT2D eigenvalue weighted by Crippen LogP contribution is -2.57. The Kier molecular flexibility index (Phi) is 3.26. The number of nitrogens with zero attached hydrogens (tertiary/aromatic N) is 2. The van der Waals surface area contributed by atoms with Crippen LogP contribution >= 0.6 is 0 Å². The molecule has 7 heteroatoms. The lowest BCUT2D eigenvalue weighted by Gasteiger charge is -2.39. The van der Waals surface area contributed by atoms with Gasteiger partial charge in [-0.15, -0.1) is 0 Å². The second-order valence-electron chi connectivity index (χ2n) is 3.12. The van der Waals surface area contributed by atoms with Crippen molar-refractivity contribution in [2.75, 3.05) is 19.6 Å². The van der Waals surface area contributed by atoms with Crippen molar-refractivity contribution in [3.8, 4) is 0 Å². The third-order valence-electron chi connectivity index (χ3n) is 2.08. The molecule has 0 aliphatic carbocycles. The molecule has 1 amide bonds. The molecule has 1 fully saturated rings. The summed E-state index contributed by atoms with van der Waals surface area (Å²) in [7, 11) is 0. The predicted octanol–water partition coefficient (Wildman–Crippen LogP) is -1.00. The van der Waals surface area contributed by atoms with Crippen LogP contribution in [0.4, 0.5) is 4.79 Å². The quantitative estimate of drug-likeness (QED) is 0.541. The molecule has 1 saturated heterocycles. The number of amides is 1. The Morgan fingerprint density at radius 2 is 2.00 bits per heavy atom. The monoisotopic (exact) mass is 203 g/mol. The highest BCUT2D eigenvalue weighted by atomic mass is 16.4. The Hall–Kier alpha value is -1.34. The first-order chi connectivity index (χ1) is 6.52. The van der Waals surface area contributed by atoms with Gasteiger partial charge < -0.3 is 15.9 Å². The van der Waals surface area contributed by atoms with Gasteiger partial charge in [0.25, 0.3) is 0 Å². The number of hydrogen-bond donors (Lipinski definition) is 3. The molecule has 0 aromatic rings. The molecule has 0 bridgehead atoms. The molecule has 1 aliphatic heterocycles. The Balaban J connectivity index is 2.50. The van der Waals surface area contributed by atoms with Gasteiger partial charge in [0.15, 0.2) is 0 Å². The number of aliphatic carboxylic acids is 1. The van der Waals surface area contributed by atoms with Crippen LogP contribution in [0.25, 0.3) is 0 Å². The Morgan fingerprint density at radius 1 is 1.43 bits per heavy atom. The summed E-state index contributed by atoms with van der Waals surface area (Å²) in [6.07, 6.45) is -0.243. The van der Waals surface area contributed by atoms with Crippen LogP contribution < -0.4 is 5.73 Å². The van der Waals surface area contributed by atoms with Gasteiger partial charge in [-0.25, -0.2) is 14.8 Å². The third kappa shape index (κ3) is 2.33. The van der Waals surface area contributed by atoms with Gasteiger partial charge in [0, 0.05) is 13.1 Å². The third-order valence-corrected chi connectivity index (χ3v) is 2.08. The van der Waals surface area contributed by atoms with Gasteiger partial charge in [-0.05, 0) is 6.42 Å². The van der Waals surface area contributed by atoms with Gasteiger partial charge in [0.1, 0.15) is 6.04 Å². The van der Waals surface area contributed by atoms with E-state index in [9.17, 15) is 9.59 Å². The summed E-state index contributed by atoms with van der Waals surface area (Å²) < 4.78 is 0. The van der Waals surface area contributed by atoms with E-state index in [4.69, 9.17) is 15.9 Å². The zero-order chi connectivity index (χ0) is 10.7. The largest absolute Gasteiger partial charge is 0.480 e. The molecule has 1 rings (SSSR count). The Labute approximate surface area is 80.7 Å². The second kappa shape index (κ2) is 4.25. The molecule has 0 aromatic carbocycles. The Morgan fingerprint density at radius 3 is 2.29 bits per heavy atom. The number of carbonyl (C=O) groups is 2. The van der Waals surface area contributed by atoms with E-state index in [1.54, 1.807) is 5.01 Å². The van der Waals surface area contributed by atoms with E-state index in [1.165, 1.54) is 0 Å². The molecule has 80 valence electrons. The summed E-state index contributed by atoms with van der Waals surface area (Å²) >= 11 is 0. The van der Waals surface area contributed by atoms with Gasteiger partial charge >= 0.3 is 12.1 Å². The standard InChI is InChI=1S/C7H13N3O4/c8-5(6(11)12)4-10(7(13)14)9-2-1-3-9/h5H,1-4,8H2,(H,11,12)(H,13,14). The number of rotatable bonds is 4. The van der Waals surface area contributed by atoms with Crippen molar-refractivity contribution in [1.29, 1.82) is 0 Å². The zero-order valence-electron chi connectivity index (χ0n) is 7.59. The van der Waals surface area contributed by atoms with E-state index in [0.29, 0.717) is 13.1 Å². The second-order valence-corrected chi connectivity index (χ2v) is 3.12. The first kappa shape index (κ1) is 10.7. The van der Waals surface area contributed by atoms with Crippen LogP contribution in [-0.4, -0.2) is 58.0 Å². The highest BCUT2D eigenvalue weighted by Gasteiger charge is 2.29. The highest BCUT2D eigenvalue weighted by Crippen LogP contribution is 2.10. The molecule has 0 radical (unpaired) electrons. The van der Waals surface area contributed by atoms with E-state index in [2.05, 4.69) is 0 Å². The molecule has 7 nitrogen and oxygen atoms in total. The molecule has 14 heavy (non-hydrogen) atoms. The van der Waals surface area contributed by atoms with Gasteiger partial charge in [-0.2, -0.15) is 0 Å². The van der Waals surface area contributed by atoms with Crippen LogP contribution in [0.5, 0.6) is 0 Å². The molecule has 1 aliphatic rings. The smallest absolute Gasteiger partial charge is 0.422 e. The minimum atomic E-state index is -1.20. The van der Waals surface area contributed by atoms with E-state index < -0.39 is 18.1 Å². The van der Waals surface area contributed by atoms with E-state index in [1.807, 2.05) is 0 Å². The highest BCUT2D eigenvalue weighted by molar-refractivity contribution is 5.74. The maximum absolute atomic E-state index is 10.7. The molecular formula is C7H13N3O4. The molecule has 4 N–H and O–H groups in total. The van der Waals surface area contributed by atoms with Crippen molar-refractivity contribution in [2.24, 2.45) is 5.73 Å². The fourth-order valence-corrected chi connectivity index (χ4v) is 1.12. The zero-order valence-corrected chi connectivity index (χ0v) is 7.59. The van der Waals surface area contributed by atoms with Crippen LogP contribution in [0.3, 0.4) is 0 Å². The van der Waals surface area contributed by atoms with Crippen molar-refractivity contribution < 1.29 is 19.8 Å². The summed E-state index contributed by atoms with van der Waals surface area (Å²) in [5.74, 6) is -1.20. The number of nitrogens with two attached hydrogens (primary N) is 1. The average Bonchev–Trinajstić information content (AvgIpc) is 1.99. The van der Waals surface area contributed by atoms with E-state index in [0.717, 1.165) is 11.4 Å². The van der Waals surface area contributed by atoms with Gasteiger partial charge in [0.05, 0.1) is 6.54 Å². The maximum Gasteiger partial charge on any atom is 0.422 e. The van der Waals surface area contributed by atoms with Crippen molar-refractivity contribution in [3.63, 3.8) is 0 Å². The van der Waals surface area contributed by atoms with Crippen molar-refractivity contribution in [3.05, 3.63) is 0 Å². The van der Waals surface area contributed by atoms with Gasteiger partial charge in [0.2, 0.25) is 0 Å². The van der Waals surface area contributed by atoms with Crippen LogP contribution in [0, 0.1) is 0 Å². The SMILES string of the molecule is NC(CN(C(=O)O)N1CCC1)C(=O)O. The number of carboxylic acid groups (broad SMARTS) is 2. The fourth-order valence-electron chi connectivity index (χ4n) is 1.12. The first-order valence-electron chi connectivity index (χ1n) is 4.26. The predicted molar refractivity (Wildman–Crippen MR) is 46.5 cm³/mol. The fraction of sp³-hybridized carbons (Fsp3) is 0.714. The van der Waals surface area contributed by atoms with E-state index in [-0.39, 0.29) is 6.54 Å². The van der Waals surface area contributed by atoms with E-state index >= 15 is 0 Å². The molecule has 1 unspecified atom stereocenters. The minimum Gasteiger partial charge on any atom is -0.480 e. The molecule has 1 heterocycles. The summed E-state index contributed by atoms with van der Waals surface area (Å²) in [6.45, 7) is 1.07. The van der Waals surface area contributed by atoms with Crippen LogP contribution in [0.1, 0.15) is 6.42 Å². The lowest BCUT2D eigenvalue weighted by molar-refractivity contribution is -0.140. The lowest BCUT2D eigenvalue weighted by atomic mass is 10.2. The molecule has 0 spiro atoms. The van der Waals surface area contributed by atoms with Crippen LogP contribution in [0.2, 0.25) is 0 Å². The summed E-state index contributed by atoms with van der Waals surface area (Å²) in [5.41, 5.74) is 5.24. The van der Waals surface area contributed by atoms with Crippen molar-refractivity contribution >= 4 is 12.1 Å². The average molecular weight is 203 g/mol. The maximum atomic E-state index is 10.7. The molecule has 0 aromatic heterocycles. The van der Waals surface area contributed by atoms with Crippen LogP contribution in [0.15, 0.2) is 0 Å². The molecular weight excluding hydrogens is 190 g/mol. The summed E-state index contributed by atoms with van der Waals surface area (Å²) in [5, 5.41) is 19.8. The normalized spacial score (nSPS) is 18.4. The van der Waals surface area contributed by atoms with Gasteiger partial charge in [-0.3, -0.25) is 4.79 Å². The van der Waals surface area contributed by atoms with Gasteiger partial charge in [-0.1, -0.05) is 0 Å². The van der Waals surface area contributed by atoms with Crippen molar-refractivity contribution in [1.82, 2.24) is 10.0 Å². The van der Waals surface area contributed by atoms with Crippen LogP contribution in [-0.2, 0) is 4.79 Å². The van der Waals surface area contributed by atoms with Crippen molar-refractivity contribution in [2.45, 2.75) is 12.5 Å². The number of hydrazine groups is 1. The molecule has 1 atom stereocenters.